The molecule has 1 aliphatic heterocycles. The van der Waals surface area contributed by atoms with Crippen molar-refractivity contribution in [2.45, 2.75) is 30.8 Å². The van der Waals surface area contributed by atoms with Crippen LogP contribution in [-0.4, -0.2) is 37.9 Å². The van der Waals surface area contributed by atoms with Crippen LogP contribution < -0.4 is 0 Å². The zero-order chi connectivity index (χ0) is 13.5. The van der Waals surface area contributed by atoms with Crippen LogP contribution in [0.4, 0.5) is 0 Å². The summed E-state index contributed by atoms with van der Waals surface area (Å²) in [4.78, 5) is 11.6. The Balaban J connectivity index is 2.29. The van der Waals surface area contributed by atoms with Crippen LogP contribution in [0.2, 0.25) is 0 Å². The van der Waals surface area contributed by atoms with Gasteiger partial charge in [0.15, 0.2) is 0 Å². The van der Waals surface area contributed by atoms with Crippen molar-refractivity contribution < 1.29 is 17.9 Å². The van der Waals surface area contributed by atoms with Gasteiger partial charge in [-0.15, -0.1) is 0 Å². The normalized spacial score (nSPS) is 26.7. The Morgan fingerprint density at radius 1 is 1.28 bits per heavy atom. The molecule has 1 aromatic rings. The molecule has 1 fully saturated rings. The molecule has 0 bridgehead atoms. The number of methoxy groups -OCH3 is 1. The van der Waals surface area contributed by atoms with Gasteiger partial charge in [0.05, 0.1) is 18.0 Å². The fraction of sp³-hybridized carbons (Fsp3) is 0.417. The van der Waals surface area contributed by atoms with Gasteiger partial charge in [-0.3, -0.25) is 4.79 Å². The first-order chi connectivity index (χ1) is 8.39. The highest BCUT2D eigenvalue weighted by molar-refractivity contribution is 7.89. The van der Waals surface area contributed by atoms with E-state index in [4.69, 9.17) is 0 Å². The van der Waals surface area contributed by atoms with E-state index in [-0.39, 0.29) is 10.9 Å². The Bertz CT molecular complexity index is 564. The molecule has 0 spiro atoms. The number of rotatable bonds is 3. The molecule has 1 heterocycles. The summed E-state index contributed by atoms with van der Waals surface area (Å²) in [7, 11) is -2.35. The minimum Gasteiger partial charge on any atom is -0.468 e. The van der Waals surface area contributed by atoms with Gasteiger partial charge in [-0.05, 0) is 26.0 Å². The van der Waals surface area contributed by atoms with Crippen molar-refractivity contribution in [2.75, 3.05) is 7.11 Å². The highest BCUT2D eigenvalue weighted by atomic mass is 32.2. The number of hydrogen-bond acceptors (Lipinski definition) is 4. The van der Waals surface area contributed by atoms with Crippen LogP contribution in [0.15, 0.2) is 29.2 Å². The number of sulfonamides is 1. The Morgan fingerprint density at radius 2 is 1.83 bits per heavy atom. The van der Waals surface area contributed by atoms with Crippen molar-refractivity contribution in [1.29, 1.82) is 0 Å². The number of nitrogens with zero attached hydrogens (tertiary/aromatic N) is 1. The number of benzene rings is 1. The van der Waals surface area contributed by atoms with Gasteiger partial charge in [0.25, 0.3) is 0 Å². The Morgan fingerprint density at radius 3 is 2.33 bits per heavy atom. The second-order valence-electron chi connectivity index (χ2n) is 4.36. The van der Waals surface area contributed by atoms with Crippen molar-refractivity contribution in [1.82, 2.24) is 4.31 Å². The van der Waals surface area contributed by atoms with Gasteiger partial charge in [0.1, 0.15) is 6.04 Å². The maximum absolute atomic E-state index is 12.3. The third-order valence-electron chi connectivity index (χ3n) is 3.08. The summed E-state index contributed by atoms with van der Waals surface area (Å²) in [6, 6.07) is 5.52. The summed E-state index contributed by atoms with van der Waals surface area (Å²) in [5.74, 6) is -0.516. The number of hydrogen-bond donors (Lipinski definition) is 0. The van der Waals surface area contributed by atoms with Crippen molar-refractivity contribution in [2.24, 2.45) is 0 Å². The van der Waals surface area contributed by atoms with Crippen molar-refractivity contribution >= 4 is 16.0 Å². The fourth-order valence-corrected chi connectivity index (χ4v) is 3.73. The molecule has 0 saturated carbocycles. The first kappa shape index (κ1) is 13.0. The molecule has 1 saturated heterocycles. The van der Waals surface area contributed by atoms with Gasteiger partial charge in [-0.25, -0.2) is 8.42 Å². The van der Waals surface area contributed by atoms with Gasteiger partial charge in [0, 0.05) is 0 Å². The molecule has 3 atom stereocenters. The number of esters is 1. The third-order valence-corrected chi connectivity index (χ3v) is 5.06. The lowest BCUT2D eigenvalue weighted by Gasteiger charge is -2.06. The van der Waals surface area contributed by atoms with Gasteiger partial charge in [0.2, 0.25) is 10.0 Å². The molecule has 0 N–H and O–H groups in total. The second kappa shape index (κ2) is 4.37. The average Bonchev–Trinajstić information content (AvgIpc) is 3.01. The molecule has 0 radical (unpaired) electrons. The lowest BCUT2D eigenvalue weighted by atomic mass is 10.2. The molecule has 1 aliphatic rings. The number of ether oxygens (including phenoxy) is 1. The molecular weight excluding hydrogens is 254 g/mol. The van der Waals surface area contributed by atoms with E-state index in [1.54, 1.807) is 31.2 Å². The van der Waals surface area contributed by atoms with Crippen LogP contribution >= 0.6 is 0 Å². The molecule has 5 nitrogen and oxygen atoms in total. The predicted octanol–water partition coefficient (Wildman–Crippen LogP) is 0.929. The zero-order valence-electron chi connectivity index (χ0n) is 10.5. The van der Waals surface area contributed by atoms with Crippen molar-refractivity contribution in [3.05, 3.63) is 29.8 Å². The number of aryl methyl sites for hydroxylation is 1. The van der Waals surface area contributed by atoms with Gasteiger partial charge in [-0.2, -0.15) is 4.31 Å². The van der Waals surface area contributed by atoms with Crippen LogP contribution in [0.5, 0.6) is 0 Å². The van der Waals surface area contributed by atoms with Gasteiger partial charge >= 0.3 is 5.97 Å². The van der Waals surface area contributed by atoms with E-state index in [2.05, 4.69) is 4.74 Å². The monoisotopic (exact) mass is 269 g/mol. The number of carbonyl (C=O) groups excluding carboxylic acids is 1. The SMILES string of the molecule is COC(=O)C1C(C)N1S(=O)(=O)c1ccc(C)cc1. The molecular formula is C12H15NO4S. The topological polar surface area (TPSA) is 63.5 Å². The first-order valence-corrected chi connectivity index (χ1v) is 7.01. The lowest BCUT2D eigenvalue weighted by molar-refractivity contribution is -0.140. The summed E-state index contributed by atoms with van der Waals surface area (Å²) >= 11 is 0. The summed E-state index contributed by atoms with van der Waals surface area (Å²) in [6.07, 6.45) is 0. The van der Waals surface area contributed by atoms with E-state index in [1.807, 2.05) is 6.92 Å². The maximum Gasteiger partial charge on any atom is 0.325 e. The van der Waals surface area contributed by atoms with E-state index in [0.29, 0.717) is 0 Å². The molecule has 3 unspecified atom stereocenters. The standard InChI is InChI=1S/C12H15NO4S/c1-8-4-6-10(7-5-8)18(15,16)13-9(2)11(13)12(14)17-3/h4-7,9,11H,1-3H3. The molecule has 0 aliphatic carbocycles. The van der Waals surface area contributed by atoms with E-state index in [0.717, 1.165) is 5.56 Å². The van der Waals surface area contributed by atoms with Crippen LogP contribution in [-0.2, 0) is 19.6 Å². The summed E-state index contributed by atoms with van der Waals surface area (Å²) in [5, 5.41) is 0. The molecule has 6 heteroatoms. The summed E-state index contributed by atoms with van der Waals surface area (Å²) < 4.78 is 30.3. The fourth-order valence-electron chi connectivity index (χ4n) is 1.94. The van der Waals surface area contributed by atoms with Crippen LogP contribution in [0.1, 0.15) is 12.5 Å². The Labute approximate surface area is 106 Å². The van der Waals surface area contributed by atoms with Crippen LogP contribution in [0, 0.1) is 6.92 Å². The Kier molecular flexibility index (Phi) is 3.16. The van der Waals surface area contributed by atoms with Crippen molar-refractivity contribution in [3.63, 3.8) is 0 Å². The third kappa shape index (κ3) is 2.02. The Hall–Kier alpha value is -1.40. The van der Waals surface area contributed by atoms with Gasteiger partial charge < -0.3 is 4.74 Å². The molecule has 2 rings (SSSR count). The molecule has 0 aromatic heterocycles. The first-order valence-electron chi connectivity index (χ1n) is 5.57. The van der Waals surface area contributed by atoms with Crippen LogP contribution in [0.3, 0.4) is 0 Å². The van der Waals surface area contributed by atoms with E-state index >= 15 is 0 Å². The summed E-state index contributed by atoms with van der Waals surface area (Å²) in [6.45, 7) is 3.57. The average molecular weight is 269 g/mol. The molecule has 1 aromatic carbocycles. The molecule has 18 heavy (non-hydrogen) atoms. The molecule has 0 amide bonds. The van der Waals surface area contributed by atoms with Gasteiger partial charge in [-0.1, -0.05) is 17.7 Å². The van der Waals surface area contributed by atoms with E-state index in [9.17, 15) is 13.2 Å². The van der Waals surface area contributed by atoms with E-state index in [1.165, 1.54) is 11.4 Å². The highest BCUT2D eigenvalue weighted by Gasteiger charge is 2.57. The minimum atomic E-state index is -3.60. The largest absolute Gasteiger partial charge is 0.468 e. The number of carbonyl (C=O) groups is 1. The van der Waals surface area contributed by atoms with Crippen molar-refractivity contribution in [3.8, 4) is 0 Å². The summed E-state index contributed by atoms with van der Waals surface area (Å²) in [5.41, 5.74) is 0.984. The second-order valence-corrected chi connectivity index (χ2v) is 6.20. The molecule has 98 valence electrons. The zero-order valence-corrected chi connectivity index (χ0v) is 11.3. The smallest absolute Gasteiger partial charge is 0.325 e. The minimum absolute atomic E-state index is 0.200. The highest BCUT2D eigenvalue weighted by Crippen LogP contribution is 2.36. The quantitative estimate of drug-likeness (QED) is 0.605. The van der Waals surface area contributed by atoms with E-state index < -0.39 is 22.0 Å². The predicted molar refractivity (Wildman–Crippen MR) is 65.5 cm³/mol. The van der Waals surface area contributed by atoms with Crippen LogP contribution in [0.25, 0.3) is 0 Å². The lowest BCUT2D eigenvalue weighted by Crippen LogP contribution is -2.20. The maximum atomic E-state index is 12.3.